The highest BCUT2D eigenvalue weighted by Crippen LogP contribution is 2.45. The molecule has 1 atom stereocenters. The number of para-hydroxylation sites is 1. The lowest BCUT2D eigenvalue weighted by Gasteiger charge is -2.37. The first-order chi connectivity index (χ1) is 14.1. The normalized spacial score (nSPS) is 20.4. The standard InChI is InChI=1S/C22H24FN3O3/c23-16-6-8-18(9-7-16)25-21(28)26-14-19(22(15-26)10-12-29-13-11-22)20(27)24-17-4-2-1-3-5-17/h1-9,19H,10-15H2,(H,24,27)(H,25,28)/t19-/m0/s1. The molecule has 2 aliphatic heterocycles. The Hall–Kier alpha value is -2.93. The molecule has 0 unspecified atom stereocenters. The number of carbonyl (C=O) groups is 2. The van der Waals surface area contributed by atoms with Crippen molar-refractivity contribution in [3.05, 3.63) is 60.4 Å². The second-order valence-electron chi connectivity index (χ2n) is 7.70. The topological polar surface area (TPSA) is 70.7 Å². The van der Waals surface area contributed by atoms with Crippen LogP contribution in [0.4, 0.5) is 20.6 Å². The number of hydrogen-bond donors (Lipinski definition) is 2. The van der Waals surface area contributed by atoms with E-state index < -0.39 is 0 Å². The van der Waals surface area contributed by atoms with Crippen LogP contribution >= 0.6 is 0 Å². The van der Waals surface area contributed by atoms with Gasteiger partial charge in [0, 0.05) is 43.1 Å². The average Bonchev–Trinajstić information content (AvgIpc) is 3.10. The molecule has 3 amide bonds. The molecule has 0 bridgehead atoms. The van der Waals surface area contributed by atoms with Gasteiger partial charge in [0.25, 0.3) is 0 Å². The van der Waals surface area contributed by atoms with Gasteiger partial charge in [-0.25, -0.2) is 9.18 Å². The molecule has 0 aliphatic carbocycles. The van der Waals surface area contributed by atoms with E-state index in [4.69, 9.17) is 4.74 Å². The van der Waals surface area contributed by atoms with Crippen molar-refractivity contribution in [2.75, 3.05) is 36.9 Å². The van der Waals surface area contributed by atoms with E-state index in [1.54, 1.807) is 4.90 Å². The minimum absolute atomic E-state index is 0.0739. The first kappa shape index (κ1) is 19.4. The fraction of sp³-hybridized carbons (Fsp3) is 0.364. The van der Waals surface area contributed by atoms with E-state index >= 15 is 0 Å². The van der Waals surface area contributed by atoms with Crippen LogP contribution in [0.25, 0.3) is 0 Å². The molecule has 29 heavy (non-hydrogen) atoms. The number of likely N-dealkylation sites (tertiary alicyclic amines) is 1. The highest BCUT2D eigenvalue weighted by atomic mass is 19.1. The van der Waals surface area contributed by atoms with Crippen LogP contribution in [0.3, 0.4) is 0 Å². The van der Waals surface area contributed by atoms with Crippen LogP contribution in [-0.4, -0.2) is 43.1 Å². The Kier molecular flexibility index (Phi) is 5.49. The number of hydrogen-bond acceptors (Lipinski definition) is 3. The van der Waals surface area contributed by atoms with Crippen molar-refractivity contribution in [2.24, 2.45) is 11.3 Å². The maximum Gasteiger partial charge on any atom is 0.321 e. The first-order valence-electron chi connectivity index (χ1n) is 9.81. The summed E-state index contributed by atoms with van der Waals surface area (Å²) in [6.07, 6.45) is 1.47. The molecule has 2 aromatic carbocycles. The quantitative estimate of drug-likeness (QED) is 0.829. The molecule has 2 N–H and O–H groups in total. The number of amides is 3. The van der Waals surface area contributed by atoms with Crippen LogP contribution in [0.5, 0.6) is 0 Å². The number of carbonyl (C=O) groups excluding carboxylic acids is 2. The molecule has 6 nitrogen and oxygen atoms in total. The van der Waals surface area contributed by atoms with E-state index in [0.717, 1.165) is 18.5 Å². The summed E-state index contributed by atoms with van der Waals surface area (Å²) in [5.74, 6) is -0.747. The fourth-order valence-electron chi connectivity index (χ4n) is 4.26. The van der Waals surface area contributed by atoms with Crippen molar-refractivity contribution in [3.63, 3.8) is 0 Å². The SMILES string of the molecule is O=C(Nc1ccccc1)[C@@H]1CN(C(=O)Nc2ccc(F)cc2)CC12CCOCC2. The number of benzene rings is 2. The maximum absolute atomic E-state index is 13.1. The Bertz CT molecular complexity index is 867. The summed E-state index contributed by atoms with van der Waals surface area (Å²) in [6.45, 7) is 2.01. The number of ether oxygens (including phenoxy) is 1. The van der Waals surface area contributed by atoms with Crippen LogP contribution in [0.1, 0.15) is 12.8 Å². The zero-order valence-corrected chi connectivity index (χ0v) is 16.1. The molecule has 2 aliphatic rings. The van der Waals surface area contributed by atoms with Gasteiger partial charge in [-0.05, 0) is 49.2 Å². The van der Waals surface area contributed by atoms with Crippen LogP contribution < -0.4 is 10.6 Å². The summed E-state index contributed by atoms with van der Waals surface area (Å²) in [6, 6.07) is 14.7. The van der Waals surface area contributed by atoms with Gasteiger partial charge in [-0.15, -0.1) is 0 Å². The molecule has 2 saturated heterocycles. The second kappa shape index (κ2) is 8.21. The predicted molar refractivity (Wildman–Crippen MR) is 108 cm³/mol. The van der Waals surface area contributed by atoms with Crippen molar-refractivity contribution in [3.8, 4) is 0 Å². The number of nitrogens with one attached hydrogen (secondary N) is 2. The molecule has 0 saturated carbocycles. The Morgan fingerprint density at radius 2 is 1.62 bits per heavy atom. The van der Waals surface area contributed by atoms with Crippen LogP contribution in [0.2, 0.25) is 0 Å². The molecule has 2 aromatic rings. The van der Waals surface area contributed by atoms with Crippen LogP contribution in [0.15, 0.2) is 54.6 Å². The molecular formula is C22H24FN3O3. The minimum atomic E-state index is -0.358. The van der Waals surface area contributed by atoms with E-state index in [1.165, 1.54) is 24.3 Å². The number of rotatable bonds is 3. The zero-order chi connectivity index (χ0) is 20.3. The third kappa shape index (κ3) is 4.24. The van der Waals surface area contributed by atoms with Crippen LogP contribution in [0, 0.1) is 17.2 Å². The minimum Gasteiger partial charge on any atom is -0.381 e. The molecule has 0 radical (unpaired) electrons. The molecular weight excluding hydrogens is 373 g/mol. The van der Waals surface area contributed by atoms with Gasteiger partial charge in [0.2, 0.25) is 5.91 Å². The summed E-state index contributed by atoms with van der Waals surface area (Å²) >= 11 is 0. The highest BCUT2D eigenvalue weighted by Gasteiger charge is 2.51. The number of urea groups is 1. The van der Waals surface area contributed by atoms with Crippen molar-refractivity contribution in [1.29, 1.82) is 0 Å². The molecule has 1 spiro atoms. The predicted octanol–water partition coefficient (Wildman–Crippen LogP) is 3.72. The van der Waals surface area contributed by atoms with Crippen molar-refractivity contribution >= 4 is 23.3 Å². The van der Waals surface area contributed by atoms with Gasteiger partial charge < -0.3 is 20.3 Å². The molecule has 2 fully saturated rings. The summed E-state index contributed by atoms with van der Waals surface area (Å²) < 4.78 is 18.6. The number of halogens is 1. The third-order valence-corrected chi connectivity index (χ3v) is 5.88. The van der Waals surface area contributed by atoms with Gasteiger partial charge >= 0.3 is 6.03 Å². The van der Waals surface area contributed by atoms with Gasteiger partial charge in [0.05, 0.1) is 5.92 Å². The van der Waals surface area contributed by atoms with Gasteiger partial charge in [0.1, 0.15) is 5.82 Å². The van der Waals surface area contributed by atoms with Gasteiger partial charge in [-0.2, -0.15) is 0 Å². The van der Waals surface area contributed by atoms with E-state index in [1.807, 2.05) is 30.3 Å². The summed E-state index contributed by atoms with van der Waals surface area (Å²) in [5, 5.41) is 5.79. The second-order valence-corrected chi connectivity index (χ2v) is 7.70. The number of anilines is 2. The van der Waals surface area contributed by atoms with Crippen molar-refractivity contribution in [1.82, 2.24) is 4.90 Å². The molecule has 2 heterocycles. The lowest BCUT2D eigenvalue weighted by molar-refractivity contribution is -0.124. The van der Waals surface area contributed by atoms with E-state index in [2.05, 4.69) is 10.6 Å². The maximum atomic E-state index is 13.1. The van der Waals surface area contributed by atoms with Gasteiger partial charge in [-0.3, -0.25) is 4.79 Å². The van der Waals surface area contributed by atoms with E-state index in [0.29, 0.717) is 32.0 Å². The summed E-state index contributed by atoms with van der Waals surface area (Å²) in [5.41, 5.74) is 0.973. The van der Waals surface area contributed by atoms with Crippen molar-refractivity contribution < 1.29 is 18.7 Å². The lowest BCUT2D eigenvalue weighted by Crippen LogP contribution is -2.42. The zero-order valence-electron chi connectivity index (χ0n) is 16.1. The highest BCUT2D eigenvalue weighted by molar-refractivity contribution is 5.95. The van der Waals surface area contributed by atoms with Gasteiger partial charge in [0.15, 0.2) is 0 Å². The van der Waals surface area contributed by atoms with Crippen LogP contribution in [-0.2, 0) is 9.53 Å². The van der Waals surface area contributed by atoms with Gasteiger partial charge in [-0.1, -0.05) is 18.2 Å². The summed E-state index contributed by atoms with van der Waals surface area (Å²) in [7, 11) is 0. The Labute approximate surface area is 169 Å². The average molecular weight is 397 g/mol. The lowest BCUT2D eigenvalue weighted by atomic mass is 9.71. The smallest absolute Gasteiger partial charge is 0.321 e. The Morgan fingerprint density at radius 1 is 0.966 bits per heavy atom. The first-order valence-corrected chi connectivity index (χ1v) is 9.81. The van der Waals surface area contributed by atoms with Crippen molar-refractivity contribution in [2.45, 2.75) is 12.8 Å². The molecule has 152 valence electrons. The fourth-order valence-corrected chi connectivity index (χ4v) is 4.26. The Morgan fingerprint density at radius 3 is 2.31 bits per heavy atom. The number of nitrogens with zero attached hydrogens (tertiary/aromatic N) is 1. The summed E-state index contributed by atoms with van der Waals surface area (Å²) in [4.78, 5) is 27.6. The molecule has 4 rings (SSSR count). The monoisotopic (exact) mass is 397 g/mol. The third-order valence-electron chi connectivity index (χ3n) is 5.88. The van der Waals surface area contributed by atoms with E-state index in [-0.39, 0.29) is 29.1 Å². The Balaban J connectivity index is 1.50. The molecule has 0 aromatic heterocycles. The van der Waals surface area contributed by atoms with E-state index in [9.17, 15) is 14.0 Å². The largest absolute Gasteiger partial charge is 0.381 e. The molecule has 7 heteroatoms.